The second-order valence-electron chi connectivity index (χ2n) is 4.96. The van der Waals surface area contributed by atoms with Gasteiger partial charge in [-0.3, -0.25) is 4.79 Å². The lowest BCUT2D eigenvalue weighted by Gasteiger charge is -2.22. The number of amides is 1. The summed E-state index contributed by atoms with van der Waals surface area (Å²) in [6.45, 7) is 1.99. The highest BCUT2D eigenvalue weighted by Crippen LogP contribution is 2.22. The maximum Gasteiger partial charge on any atom is 0.251 e. The molecular weight excluding hydrogens is 360 g/mol. The molecule has 0 aliphatic carbocycles. The van der Waals surface area contributed by atoms with Crippen LogP contribution in [0.1, 0.15) is 23.2 Å². The first-order chi connectivity index (χ1) is 9.88. The van der Waals surface area contributed by atoms with Gasteiger partial charge in [0.15, 0.2) is 0 Å². The molecule has 0 radical (unpaired) electrons. The molecule has 21 heavy (non-hydrogen) atoms. The topological polar surface area (TPSA) is 98.5 Å². The van der Waals surface area contributed by atoms with Gasteiger partial charge in [-0.05, 0) is 52.9 Å². The highest BCUT2D eigenvalue weighted by molar-refractivity contribution is 9.10. The number of carbonyl (C=O) groups is 1. The minimum Gasteiger partial charge on any atom is -0.381 e. The van der Waals surface area contributed by atoms with Crippen molar-refractivity contribution in [3.05, 3.63) is 28.2 Å². The summed E-state index contributed by atoms with van der Waals surface area (Å²) in [5.41, 5.74) is 0.272. The smallest absolute Gasteiger partial charge is 0.251 e. The van der Waals surface area contributed by atoms with Crippen molar-refractivity contribution >= 4 is 31.9 Å². The maximum atomic E-state index is 12.1. The normalized spacial score (nSPS) is 16.7. The van der Waals surface area contributed by atoms with Crippen molar-refractivity contribution in [3.63, 3.8) is 0 Å². The summed E-state index contributed by atoms with van der Waals surface area (Å²) >= 11 is 3.11. The number of nitrogens with two attached hydrogens (primary N) is 1. The van der Waals surface area contributed by atoms with Crippen molar-refractivity contribution in [3.8, 4) is 0 Å². The zero-order valence-electron chi connectivity index (χ0n) is 11.3. The van der Waals surface area contributed by atoms with Gasteiger partial charge in [-0.1, -0.05) is 0 Å². The number of carbonyl (C=O) groups excluding carboxylic acids is 1. The van der Waals surface area contributed by atoms with Crippen molar-refractivity contribution in [2.75, 3.05) is 19.8 Å². The second-order valence-corrected chi connectivity index (χ2v) is 7.34. The third-order valence-electron chi connectivity index (χ3n) is 3.39. The van der Waals surface area contributed by atoms with E-state index in [2.05, 4.69) is 21.2 Å². The zero-order valence-corrected chi connectivity index (χ0v) is 13.7. The average molecular weight is 377 g/mol. The molecule has 1 heterocycles. The van der Waals surface area contributed by atoms with E-state index >= 15 is 0 Å². The number of halogens is 1. The van der Waals surface area contributed by atoms with Gasteiger partial charge in [-0.15, -0.1) is 0 Å². The van der Waals surface area contributed by atoms with E-state index in [1.807, 2.05) is 0 Å². The van der Waals surface area contributed by atoms with E-state index in [9.17, 15) is 13.2 Å². The fraction of sp³-hybridized carbons (Fsp3) is 0.462. The fourth-order valence-electron chi connectivity index (χ4n) is 2.15. The predicted molar refractivity (Wildman–Crippen MR) is 81.4 cm³/mol. The number of nitrogens with one attached hydrogen (secondary N) is 1. The third kappa shape index (κ3) is 4.50. The molecule has 0 aromatic heterocycles. The molecule has 1 aliphatic rings. The highest BCUT2D eigenvalue weighted by Gasteiger charge is 2.18. The van der Waals surface area contributed by atoms with Gasteiger partial charge in [-0.2, -0.15) is 0 Å². The lowest BCUT2D eigenvalue weighted by Crippen LogP contribution is -2.32. The highest BCUT2D eigenvalue weighted by atomic mass is 79.9. The number of sulfonamides is 1. The molecule has 0 bridgehead atoms. The quantitative estimate of drug-likeness (QED) is 0.825. The van der Waals surface area contributed by atoms with E-state index in [-0.39, 0.29) is 16.4 Å². The van der Waals surface area contributed by atoms with Crippen LogP contribution >= 0.6 is 15.9 Å². The summed E-state index contributed by atoms with van der Waals surface area (Å²) in [4.78, 5) is 12.0. The third-order valence-corrected chi connectivity index (χ3v) is 5.30. The van der Waals surface area contributed by atoms with Gasteiger partial charge >= 0.3 is 0 Å². The SMILES string of the molecule is NS(=O)(=O)c1cc(C(=O)NCC2CCOCC2)ccc1Br. The Bertz CT molecular complexity index is 627. The monoisotopic (exact) mass is 376 g/mol. The summed E-state index contributed by atoms with van der Waals surface area (Å²) in [6, 6.07) is 4.33. The molecule has 1 aromatic carbocycles. The molecule has 1 aliphatic heterocycles. The molecule has 1 amide bonds. The molecule has 1 aromatic rings. The zero-order chi connectivity index (χ0) is 15.5. The van der Waals surface area contributed by atoms with Crippen LogP contribution in [0.4, 0.5) is 0 Å². The van der Waals surface area contributed by atoms with Gasteiger partial charge < -0.3 is 10.1 Å². The number of benzene rings is 1. The van der Waals surface area contributed by atoms with Crippen LogP contribution in [-0.4, -0.2) is 34.1 Å². The Labute approximate surface area is 132 Å². The molecule has 0 unspecified atom stereocenters. The summed E-state index contributed by atoms with van der Waals surface area (Å²) in [7, 11) is -3.87. The van der Waals surface area contributed by atoms with Crippen molar-refractivity contribution in [1.29, 1.82) is 0 Å². The maximum absolute atomic E-state index is 12.1. The molecule has 8 heteroatoms. The van der Waals surface area contributed by atoms with Gasteiger partial charge in [-0.25, -0.2) is 13.6 Å². The summed E-state index contributed by atoms with van der Waals surface area (Å²) in [5, 5.41) is 7.94. The fourth-order valence-corrected chi connectivity index (χ4v) is 3.71. The van der Waals surface area contributed by atoms with E-state index in [0.717, 1.165) is 12.8 Å². The molecule has 1 fully saturated rings. The van der Waals surface area contributed by atoms with Gasteiger partial charge in [0.1, 0.15) is 0 Å². The van der Waals surface area contributed by atoms with E-state index in [0.29, 0.717) is 30.1 Å². The first-order valence-electron chi connectivity index (χ1n) is 6.56. The lowest BCUT2D eigenvalue weighted by atomic mass is 10.0. The molecule has 2 rings (SSSR count). The Kier molecular flexibility index (Phi) is 5.37. The van der Waals surface area contributed by atoms with E-state index in [1.165, 1.54) is 12.1 Å². The van der Waals surface area contributed by atoms with Crippen molar-refractivity contribution in [2.24, 2.45) is 11.1 Å². The minimum atomic E-state index is -3.87. The van der Waals surface area contributed by atoms with Crippen LogP contribution in [0.15, 0.2) is 27.6 Å². The van der Waals surface area contributed by atoms with Crippen molar-refractivity contribution in [2.45, 2.75) is 17.7 Å². The van der Waals surface area contributed by atoms with Crippen LogP contribution in [-0.2, 0) is 14.8 Å². The molecule has 0 atom stereocenters. The number of rotatable bonds is 4. The lowest BCUT2D eigenvalue weighted by molar-refractivity contribution is 0.0642. The Morgan fingerprint density at radius 3 is 2.67 bits per heavy atom. The van der Waals surface area contributed by atoms with Gasteiger partial charge in [0.25, 0.3) is 5.91 Å². The van der Waals surface area contributed by atoms with Gasteiger partial charge in [0.05, 0.1) is 4.90 Å². The van der Waals surface area contributed by atoms with Crippen molar-refractivity contribution in [1.82, 2.24) is 5.32 Å². The Morgan fingerprint density at radius 1 is 1.38 bits per heavy atom. The van der Waals surface area contributed by atoms with Crippen LogP contribution in [0.5, 0.6) is 0 Å². The second kappa shape index (κ2) is 6.87. The predicted octanol–water partition coefficient (Wildman–Crippen LogP) is 1.25. The van der Waals surface area contributed by atoms with Crippen LogP contribution in [0, 0.1) is 5.92 Å². The summed E-state index contributed by atoms with van der Waals surface area (Å²) < 4.78 is 28.5. The van der Waals surface area contributed by atoms with E-state index in [4.69, 9.17) is 9.88 Å². The minimum absolute atomic E-state index is 0.0961. The first kappa shape index (κ1) is 16.4. The van der Waals surface area contributed by atoms with E-state index < -0.39 is 10.0 Å². The van der Waals surface area contributed by atoms with Crippen LogP contribution in [0.2, 0.25) is 0 Å². The number of ether oxygens (including phenoxy) is 1. The molecule has 116 valence electrons. The van der Waals surface area contributed by atoms with Gasteiger partial charge in [0.2, 0.25) is 10.0 Å². The first-order valence-corrected chi connectivity index (χ1v) is 8.90. The molecule has 3 N–H and O–H groups in total. The van der Waals surface area contributed by atoms with E-state index in [1.54, 1.807) is 6.07 Å². The van der Waals surface area contributed by atoms with Gasteiger partial charge in [0, 0.05) is 29.8 Å². The molecular formula is C13H17BrN2O4S. The summed E-state index contributed by atoms with van der Waals surface area (Å²) in [6.07, 6.45) is 1.84. The standard InChI is InChI=1S/C13H17BrN2O4S/c14-11-2-1-10(7-12(11)21(15,18)19)13(17)16-8-9-3-5-20-6-4-9/h1-2,7,9H,3-6,8H2,(H,16,17)(H2,15,18,19). The number of hydrogen-bond acceptors (Lipinski definition) is 4. The molecule has 6 nitrogen and oxygen atoms in total. The Morgan fingerprint density at radius 2 is 2.05 bits per heavy atom. The largest absolute Gasteiger partial charge is 0.381 e. The average Bonchev–Trinajstić information content (AvgIpc) is 2.45. The number of hydrogen-bond donors (Lipinski definition) is 2. The van der Waals surface area contributed by atoms with Crippen molar-refractivity contribution < 1.29 is 17.9 Å². The molecule has 0 spiro atoms. The number of primary sulfonamides is 1. The molecule has 1 saturated heterocycles. The molecule has 0 saturated carbocycles. The van der Waals surface area contributed by atoms with Crippen LogP contribution in [0.25, 0.3) is 0 Å². The van der Waals surface area contributed by atoms with Crippen LogP contribution < -0.4 is 10.5 Å². The summed E-state index contributed by atoms with van der Waals surface area (Å²) in [5.74, 6) is 0.0924. The Balaban J connectivity index is 2.05. The Hall–Kier alpha value is -0.960. The van der Waals surface area contributed by atoms with Crippen LogP contribution in [0.3, 0.4) is 0 Å².